The Hall–Kier alpha value is -0.650. The highest BCUT2D eigenvalue weighted by molar-refractivity contribution is 7.81. The Morgan fingerprint density at radius 3 is 2.68 bits per heavy atom. The zero-order valence-electron chi connectivity index (χ0n) is 15.1. The third-order valence-electron chi connectivity index (χ3n) is 5.15. The van der Waals surface area contributed by atoms with Crippen molar-refractivity contribution in [2.45, 2.75) is 62.7 Å². The van der Waals surface area contributed by atoms with Crippen molar-refractivity contribution in [1.82, 2.24) is 4.90 Å². The van der Waals surface area contributed by atoms with E-state index in [2.05, 4.69) is 54.4 Å². The molecule has 0 saturated carbocycles. The lowest BCUT2D eigenvalue weighted by atomic mass is 9.88. The second kappa shape index (κ2) is 11.1. The summed E-state index contributed by atoms with van der Waals surface area (Å²) in [5, 5.41) is 0.424. The zero-order chi connectivity index (χ0) is 18.1. The molecule has 1 aliphatic heterocycles. The van der Waals surface area contributed by atoms with Gasteiger partial charge < -0.3 is 10.6 Å². The van der Waals surface area contributed by atoms with E-state index in [1.165, 1.54) is 11.1 Å². The SMILES string of the molecule is NCc1cccc(C2CCN(C(=O)CCCCC(S)CCS)CC2)c1. The van der Waals surface area contributed by atoms with Gasteiger partial charge in [0.05, 0.1) is 0 Å². The van der Waals surface area contributed by atoms with E-state index in [1.807, 2.05) is 0 Å². The van der Waals surface area contributed by atoms with Gasteiger partial charge in [0.2, 0.25) is 5.91 Å². The van der Waals surface area contributed by atoms with Crippen LogP contribution in [-0.2, 0) is 11.3 Å². The molecule has 1 heterocycles. The summed E-state index contributed by atoms with van der Waals surface area (Å²) < 4.78 is 0. The quantitative estimate of drug-likeness (QED) is 0.447. The molecule has 0 spiro atoms. The lowest BCUT2D eigenvalue weighted by Gasteiger charge is -2.32. The number of rotatable bonds is 9. The van der Waals surface area contributed by atoms with Crippen molar-refractivity contribution in [2.24, 2.45) is 5.73 Å². The lowest BCUT2D eigenvalue weighted by Crippen LogP contribution is -2.37. The number of likely N-dealkylation sites (tertiary alicyclic amines) is 1. The van der Waals surface area contributed by atoms with Gasteiger partial charge in [0.25, 0.3) is 0 Å². The molecule has 1 fully saturated rings. The summed E-state index contributed by atoms with van der Waals surface area (Å²) in [5.41, 5.74) is 8.31. The molecule has 1 saturated heterocycles. The summed E-state index contributed by atoms with van der Waals surface area (Å²) in [6.45, 7) is 2.35. The van der Waals surface area contributed by atoms with Gasteiger partial charge in [0.15, 0.2) is 0 Å². The Bertz CT molecular complexity index is 530. The average molecular weight is 381 g/mol. The molecule has 0 aliphatic carbocycles. The first-order chi connectivity index (χ1) is 12.1. The van der Waals surface area contributed by atoms with Gasteiger partial charge in [-0.25, -0.2) is 0 Å². The first-order valence-electron chi connectivity index (χ1n) is 9.49. The van der Waals surface area contributed by atoms with Crippen molar-refractivity contribution < 1.29 is 4.79 Å². The average Bonchev–Trinajstić information content (AvgIpc) is 2.65. The molecule has 25 heavy (non-hydrogen) atoms. The predicted octanol–water partition coefficient (Wildman–Crippen LogP) is 4.03. The fraction of sp³-hybridized carbons (Fsp3) is 0.650. The monoisotopic (exact) mass is 380 g/mol. The highest BCUT2D eigenvalue weighted by Crippen LogP contribution is 2.29. The van der Waals surface area contributed by atoms with Gasteiger partial charge in [-0.2, -0.15) is 25.3 Å². The number of hydrogen-bond acceptors (Lipinski definition) is 4. The van der Waals surface area contributed by atoms with Crippen LogP contribution >= 0.6 is 25.3 Å². The summed E-state index contributed by atoms with van der Waals surface area (Å²) in [5.74, 6) is 1.76. The maximum atomic E-state index is 12.4. The summed E-state index contributed by atoms with van der Waals surface area (Å²) in [6.07, 6.45) is 6.96. The minimum Gasteiger partial charge on any atom is -0.343 e. The van der Waals surface area contributed by atoms with Crippen LogP contribution in [0.5, 0.6) is 0 Å². The number of hydrogen-bond donors (Lipinski definition) is 3. The Morgan fingerprint density at radius 1 is 1.24 bits per heavy atom. The molecule has 1 amide bonds. The van der Waals surface area contributed by atoms with Crippen LogP contribution in [0.4, 0.5) is 0 Å². The van der Waals surface area contributed by atoms with Crippen LogP contribution in [0.15, 0.2) is 24.3 Å². The van der Waals surface area contributed by atoms with E-state index in [9.17, 15) is 4.79 Å². The third kappa shape index (κ3) is 6.87. The molecule has 5 heteroatoms. The topological polar surface area (TPSA) is 46.3 Å². The largest absolute Gasteiger partial charge is 0.343 e. The number of piperidine rings is 1. The zero-order valence-corrected chi connectivity index (χ0v) is 16.9. The Kier molecular flexibility index (Phi) is 9.21. The van der Waals surface area contributed by atoms with Crippen molar-refractivity contribution in [3.63, 3.8) is 0 Å². The highest BCUT2D eigenvalue weighted by Gasteiger charge is 2.23. The number of amides is 1. The van der Waals surface area contributed by atoms with Gasteiger partial charge in [-0.15, -0.1) is 0 Å². The molecular formula is C20H32N2OS2. The smallest absolute Gasteiger partial charge is 0.222 e. The maximum Gasteiger partial charge on any atom is 0.222 e. The van der Waals surface area contributed by atoms with Crippen molar-refractivity contribution in [3.8, 4) is 0 Å². The van der Waals surface area contributed by atoms with E-state index in [-0.39, 0.29) is 0 Å². The molecule has 1 aliphatic rings. The Labute approximate surface area is 163 Å². The van der Waals surface area contributed by atoms with Crippen molar-refractivity contribution in [3.05, 3.63) is 35.4 Å². The molecule has 1 atom stereocenters. The van der Waals surface area contributed by atoms with Gasteiger partial charge >= 0.3 is 0 Å². The first kappa shape index (κ1) is 20.7. The second-order valence-electron chi connectivity index (χ2n) is 7.02. The fourth-order valence-electron chi connectivity index (χ4n) is 3.54. The molecule has 2 N–H and O–H groups in total. The van der Waals surface area contributed by atoms with Gasteiger partial charge in [-0.3, -0.25) is 4.79 Å². The number of carbonyl (C=O) groups is 1. The van der Waals surface area contributed by atoms with Crippen LogP contribution in [-0.4, -0.2) is 34.9 Å². The summed E-state index contributed by atoms with van der Waals surface area (Å²) in [6, 6.07) is 8.59. The normalized spacial score (nSPS) is 16.8. The Morgan fingerprint density at radius 2 is 2.00 bits per heavy atom. The predicted molar refractivity (Wildman–Crippen MR) is 113 cm³/mol. The molecular weight excluding hydrogens is 348 g/mol. The van der Waals surface area contributed by atoms with E-state index in [0.29, 0.717) is 30.0 Å². The standard InChI is InChI=1S/C20H32N2OS2/c21-15-16-4-3-5-18(14-16)17-8-11-22(12-9-17)20(23)7-2-1-6-19(25)10-13-24/h3-5,14,17,19,24-25H,1-2,6-13,15,21H2. The molecule has 0 aromatic heterocycles. The molecule has 1 aromatic carbocycles. The van der Waals surface area contributed by atoms with Gasteiger partial charge in [-0.1, -0.05) is 30.7 Å². The molecule has 0 bridgehead atoms. The first-order valence-corrected chi connectivity index (χ1v) is 10.6. The number of nitrogens with zero attached hydrogens (tertiary/aromatic N) is 1. The molecule has 2 rings (SSSR count). The molecule has 0 radical (unpaired) electrons. The van der Waals surface area contributed by atoms with Crippen LogP contribution in [0.25, 0.3) is 0 Å². The number of carbonyl (C=O) groups excluding carboxylic acids is 1. The highest BCUT2D eigenvalue weighted by atomic mass is 32.1. The minimum atomic E-state index is 0.319. The van der Waals surface area contributed by atoms with E-state index in [0.717, 1.165) is 57.4 Å². The molecule has 1 unspecified atom stereocenters. The second-order valence-corrected chi connectivity index (χ2v) is 8.19. The molecule has 1 aromatic rings. The van der Waals surface area contributed by atoms with E-state index < -0.39 is 0 Å². The molecule has 3 nitrogen and oxygen atoms in total. The van der Waals surface area contributed by atoms with E-state index in [1.54, 1.807) is 0 Å². The van der Waals surface area contributed by atoms with Gasteiger partial charge in [0, 0.05) is 31.3 Å². The fourth-order valence-corrected chi connectivity index (χ4v) is 4.37. The van der Waals surface area contributed by atoms with Gasteiger partial charge in [-0.05, 0) is 54.9 Å². The van der Waals surface area contributed by atoms with Crippen LogP contribution in [0.3, 0.4) is 0 Å². The van der Waals surface area contributed by atoms with Crippen LogP contribution < -0.4 is 5.73 Å². The molecule has 140 valence electrons. The summed E-state index contributed by atoms with van der Waals surface area (Å²) in [7, 11) is 0. The maximum absolute atomic E-state index is 12.4. The lowest BCUT2D eigenvalue weighted by molar-refractivity contribution is -0.132. The van der Waals surface area contributed by atoms with Crippen molar-refractivity contribution >= 4 is 31.2 Å². The van der Waals surface area contributed by atoms with E-state index >= 15 is 0 Å². The number of unbranched alkanes of at least 4 members (excludes halogenated alkanes) is 1. The van der Waals surface area contributed by atoms with Crippen molar-refractivity contribution in [1.29, 1.82) is 0 Å². The van der Waals surface area contributed by atoms with Crippen molar-refractivity contribution in [2.75, 3.05) is 18.8 Å². The number of benzene rings is 1. The van der Waals surface area contributed by atoms with Crippen LogP contribution in [0.2, 0.25) is 0 Å². The third-order valence-corrected chi connectivity index (χ3v) is 5.92. The van der Waals surface area contributed by atoms with E-state index in [4.69, 9.17) is 5.73 Å². The van der Waals surface area contributed by atoms with Gasteiger partial charge in [0.1, 0.15) is 0 Å². The summed E-state index contributed by atoms with van der Waals surface area (Å²) >= 11 is 8.78. The summed E-state index contributed by atoms with van der Waals surface area (Å²) in [4.78, 5) is 14.4. The minimum absolute atomic E-state index is 0.319. The van der Waals surface area contributed by atoms with Crippen LogP contribution in [0.1, 0.15) is 62.0 Å². The Balaban J connectivity index is 1.69. The number of thiol groups is 2. The van der Waals surface area contributed by atoms with Crippen LogP contribution in [0, 0.1) is 0 Å². The number of nitrogens with two attached hydrogens (primary N) is 1.